The molecular weight excluding hydrogens is 1010 g/mol. The van der Waals surface area contributed by atoms with Gasteiger partial charge in [-0.25, -0.2) is 0 Å². The summed E-state index contributed by atoms with van der Waals surface area (Å²) in [7, 11) is 0. The lowest BCUT2D eigenvalue weighted by molar-refractivity contribution is -0.117. The summed E-state index contributed by atoms with van der Waals surface area (Å²) >= 11 is 0. The number of rotatable bonds is 10. The van der Waals surface area contributed by atoms with E-state index in [1.165, 1.54) is 18.2 Å². The first-order valence-electron chi connectivity index (χ1n) is 27.6. The quantitative estimate of drug-likeness (QED) is 0.0571. The molecule has 6 N–H and O–H groups in total. The van der Waals surface area contributed by atoms with Crippen LogP contribution in [0.3, 0.4) is 0 Å². The van der Waals surface area contributed by atoms with E-state index in [0.29, 0.717) is 74.6 Å². The van der Waals surface area contributed by atoms with Crippen LogP contribution in [0.15, 0.2) is 122 Å². The maximum Gasteiger partial charge on any atom is 0.186 e. The lowest BCUT2D eigenvalue weighted by atomic mass is 9.65. The molecule has 5 aliphatic rings. The van der Waals surface area contributed by atoms with Crippen LogP contribution in [-0.2, 0) is 32.0 Å². The number of aromatic nitrogens is 2. The summed E-state index contributed by atoms with van der Waals surface area (Å²) in [5, 5.41) is 50.3. The SMILES string of the molecule is CC1=CC(=O)C(C(C)C)=CC1(O)C(C1=NCCc2c1[nH]c1cc(C)ccc21)C1=C(C)C(=O)C=C(C(C)C)C1=O.CC1=CC(=O)C(C(C)C)=CC1(O)C(C1=NCCc2c1[nH]c1cc(C)ccc21)c1c(C)c(O)cc(C(C)C)c1O.O=O. The van der Waals surface area contributed by atoms with Crippen LogP contribution >= 0.6 is 0 Å². The maximum absolute atomic E-state index is 14.1. The van der Waals surface area contributed by atoms with Gasteiger partial charge in [0.25, 0.3) is 0 Å². The number of carbonyl (C=O) groups excluding carboxylic acids is 4. The second-order valence-electron chi connectivity index (χ2n) is 23.5. The number of aromatic amines is 2. The van der Waals surface area contributed by atoms with Gasteiger partial charge in [-0.3, -0.25) is 29.2 Å². The molecule has 0 saturated heterocycles. The Hall–Kier alpha value is -7.68. The van der Waals surface area contributed by atoms with Crippen molar-refractivity contribution in [3.05, 3.63) is 172 Å². The third kappa shape index (κ3) is 9.95. The molecule has 2 aromatic heterocycles. The number of ketones is 4. The fourth-order valence-electron chi connectivity index (χ4n) is 12.3. The molecule has 0 spiro atoms. The molecule has 4 unspecified atom stereocenters. The Balaban J connectivity index is 0.000000204. The molecule has 14 nitrogen and oxygen atoms in total. The highest BCUT2D eigenvalue weighted by atomic mass is 16.7. The van der Waals surface area contributed by atoms with Crippen molar-refractivity contribution in [3.8, 4) is 11.5 Å². The number of nitrogens with one attached hydrogen (secondary N) is 2. The molecule has 3 aromatic carbocycles. The molecule has 418 valence electrons. The molecular formula is C66H74N4O10. The first-order chi connectivity index (χ1) is 37.7. The van der Waals surface area contributed by atoms with Crippen LogP contribution in [0.4, 0.5) is 0 Å². The van der Waals surface area contributed by atoms with Gasteiger partial charge in [0.1, 0.15) is 22.7 Å². The van der Waals surface area contributed by atoms with Gasteiger partial charge >= 0.3 is 0 Å². The summed E-state index contributed by atoms with van der Waals surface area (Å²) in [5.74, 6) is -3.07. The molecule has 4 atom stereocenters. The Morgan fingerprint density at radius 3 is 1.43 bits per heavy atom. The number of fused-ring (bicyclic) bond motifs is 6. The average Bonchev–Trinajstić information content (AvgIpc) is 3.98. The van der Waals surface area contributed by atoms with Crippen molar-refractivity contribution >= 4 is 56.4 Å². The van der Waals surface area contributed by atoms with Gasteiger partial charge < -0.3 is 30.4 Å². The van der Waals surface area contributed by atoms with Crippen molar-refractivity contribution in [3.63, 3.8) is 0 Å². The van der Waals surface area contributed by atoms with Crippen LogP contribution in [0.2, 0.25) is 0 Å². The van der Waals surface area contributed by atoms with Gasteiger partial charge in [0, 0.05) is 83.8 Å². The molecule has 0 amide bonds. The molecule has 0 fully saturated rings. The zero-order chi connectivity index (χ0) is 58.8. The average molecular weight is 1080 g/mol. The van der Waals surface area contributed by atoms with Gasteiger partial charge in [-0.1, -0.05) is 79.7 Å². The lowest BCUT2D eigenvalue weighted by Gasteiger charge is -2.41. The second kappa shape index (κ2) is 22.1. The zero-order valence-electron chi connectivity index (χ0n) is 48.4. The van der Waals surface area contributed by atoms with Crippen LogP contribution in [0.25, 0.3) is 21.8 Å². The van der Waals surface area contributed by atoms with Crippen LogP contribution < -0.4 is 0 Å². The Labute approximate surface area is 467 Å². The number of carbonyl (C=O) groups is 4. The van der Waals surface area contributed by atoms with Gasteiger partial charge in [0.15, 0.2) is 23.1 Å². The fraction of sp³-hybridized carbons (Fsp3) is 0.394. The smallest absolute Gasteiger partial charge is 0.186 e. The van der Waals surface area contributed by atoms with Crippen molar-refractivity contribution in [2.75, 3.05) is 13.1 Å². The number of aromatic hydroxyl groups is 2. The Morgan fingerprint density at radius 2 is 0.988 bits per heavy atom. The largest absolute Gasteiger partial charge is 0.508 e. The van der Waals surface area contributed by atoms with Gasteiger partial charge in [-0.05, 0) is 166 Å². The lowest BCUT2D eigenvalue weighted by Crippen LogP contribution is -2.49. The number of nitrogens with zero attached hydrogens (tertiary/aromatic N) is 2. The van der Waals surface area contributed by atoms with Gasteiger partial charge in [0.2, 0.25) is 0 Å². The van der Waals surface area contributed by atoms with Gasteiger partial charge in [-0.15, -0.1) is 0 Å². The number of phenols is 2. The van der Waals surface area contributed by atoms with Crippen molar-refractivity contribution < 1.29 is 39.6 Å². The van der Waals surface area contributed by atoms with Crippen LogP contribution in [0, 0.1) is 54.4 Å². The first kappa shape index (κ1) is 58.5. The summed E-state index contributed by atoms with van der Waals surface area (Å²) < 4.78 is 0. The standard InChI is InChI=1S/C33H38N2O4.C33H36N2O4.O2/c2*1-16(2)23-14-26(36)20(7)28(32(23)38)29(33(39)15-24(17(3)4)27(37)13-19(33)6)31-30-22(10-11-34-31)21-9-8-18(5)12-25(21)35-30;1-2/h8-9,12-17,29,35-36,38-39H,10-11H2,1-7H3;8-9,12-17,29,35,39H,10-11H2,1-7H3;. The monoisotopic (exact) mass is 1080 g/mol. The highest BCUT2D eigenvalue weighted by molar-refractivity contribution is 6.26. The van der Waals surface area contributed by atoms with E-state index in [9.17, 15) is 39.6 Å². The molecule has 10 rings (SSSR count). The number of hydrogen-bond donors (Lipinski definition) is 6. The molecule has 4 heterocycles. The molecule has 2 aliphatic heterocycles. The topological polar surface area (TPSA) is 240 Å². The van der Waals surface area contributed by atoms with E-state index in [1.54, 1.807) is 45.9 Å². The minimum Gasteiger partial charge on any atom is -0.508 e. The van der Waals surface area contributed by atoms with E-state index in [1.807, 2.05) is 69.2 Å². The molecule has 80 heavy (non-hydrogen) atoms. The Bertz CT molecular complexity index is 3710. The van der Waals surface area contributed by atoms with E-state index in [0.717, 1.165) is 68.3 Å². The zero-order valence-corrected chi connectivity index (χ0v) is 48.4. The minimum atomic E-state index is -1.74. The third-order valence-electron chi connectivity index (χ3n) is 16.9. The molecule has 0 bridgehead atoms. The second-order valence-corrected chi connectivity index (χ2v) is 23.5. The highest BCUT2D eigenvalue weighted by Gasteiger charge is 2.51. The summed E-state index contributed by atoms with van der Waals surface area (Å²) in [6, 6.07) is 14.1. The Morgan fingerprint density at radius 1 is 0.550 bits per heavy atom. The van der Waals surface area contributed by atoms with Crippen molar-refractivity contribution in [1.82, 2.24) is 9.97 Å². The van der Waals surface area contributed by atoms with Crippen molar-refractivity contribution in [2.45, 2.75) is 133 Å². The number of phenolic OH excluding ortho intramolecular Hbond substituents is 2. The summed E-state index contributed by atoms with van der Waals surface area (Å²) in [4.78, 5) is 84.4. The number of aliphatic hydroxyl groups is 2. The van der Waals surface area contributed by atoms with E-state index in [-0.39, 0.29) is 63.9 Å². The van der Waals surface area contributed by atoms with Crippen molar-refractivity contribution in [2.24, 2.45) is 33.7 Å². The van der Waals surface area contributed by atoms with E-state index in [2.05, 4.69) is 46.4 Å². The van der Waals surface area contributed by atoms with Crippen molar-refractivity contribution in [1.29, 1.82) is 0 Å². The maximum atomic E-state index is 14.1. The van der Waals surface area contributed by atoms with Crippen LogP contribution in [0.5, 0.6) is 11.5 Å². The van der Waals surface area contributed by atoms with Gasteiger partial charge in [-0.2, -0.15) is 0 Å². The molecule has 14 heteroatoms. The number of H-pyrrole nitrogens is 2. The van der Waals surface area contributed by atoms with E-state index in [4.69, 9.17) is 19.9 Å². The Kier molecular flexibility index (Phi) is 16.2. The van der Waals surface area contributed by atoms with E-state index < -0.39 is 23.0 Å². The minimum absolute atomic E-state index is 0.0321. The van der Waals surface area contributed by atoms with Gasteiger partial charge in [0.05, 0.1) is 34.6 Å². The summed E-state index contributed by atoms with van der Waals surface area (Å²) in [6.45, 7) is 27.3. The highest BCUT2D eigenvalue weighted by Crippen LogP contribution is 2.51. The van der Waals surface area contributed by atoms with Crippen LogP contribution in [-0.4, -0.2) is 89.2 Å². The summed E-state index contributed by atoms with van der Waals surface area (Å²) in [6.07, 6.45) is 9.11. The molecule has 0 saturated carbocycles. The number of Topliss-reactive ketones (excluding diaryl/α,β-unsaturated/α-hetero) is 1. The number of hydrogen-bond acceptors (Lipinski definition) is 12. The normalized spacial score (nSPS) is 21.0. The fourth-order valence-corrected chi connectivity index (χ4v) is 12.3. The predicted octanol–water partition coefficient (Wildman–Crippen LogP) is 11.7. The number of allylic oxidation sites excluding steroid dienone is 7. The van der Waals surface area contributed by atoms with E-state index >= 15 is 0 Å². The third-order valence-corrected chi connectivity index (χ3v) is 16.9. The molecule has 0 radical (unpaired) electrons. The predicted molar refractivity (Wildman–Crippen MR) is 317 cm³/mol. The number of benzene rings is 3. The molecule has 3 aliphatic carbocycles. The summed E-state index contributed by atoms with van der Waals surface area (Å²) in [5.41, 5.74) is 10.0. The molecule has 5 aromatic rings. The number of aliphatic imine (C=N–C) groups is 2. The number of aryl methyl sites for hydroxylation is 2. The van der Waals surface area contributed by atoms with Crippen LogP contribution in [0.1, 0.15) is 138 Å². The first-order valence-corrected chi connectivity index (χ1v) is 27.6.